The summed E-state index contributed by atoms with van der Waals surface area (Å²) in [6.07, 6.45) is 0. The van der Waals surface area contributed by atoms with Crippen molar-refractivity contribution in [1.29, 1.82) is 0 Å². The summed E-state index contributed by atoms with van der Waals surface area (Å²) in [6.45, 7) is 0.319. The minimum absolute atomic E-state index is 0.0550. The fourth-order valence-corrected chi connectivity index (χ4v) is 4.25. The highest BCUT2D eigenvalue weighted by molar-refractivity contribution is 7.99. The predicted octanol–water partition coefficient (Wildman–Crippen LogP) is 4.89. The number of benzene rings is 4. The summed E-state index contributed by atoms with van der Waals surface area (Å²) in [5, 5.41) is 22.3. The lowest BCUT2D eigenvalue weighted by Gasteiger charge is -2.18. The van der Waals surface area contributed by atoms with E-state index in [-0.39, 0.29) is 26.4 Å². The summed E-state index contributed by atoms with van der Waals surface area (Å²) in [7, 11) is 0. The van der Waals surface area contributed by atoms with E-state index in [2.05, 4.69) is 24.3 Å². The summed E-state index contributed by atoms with van der Waals surface area (Å²) in [5.74, 6) is 1.47. The summed E-state index contributed by atoms with van der Waals surface area (Å²) in [5.41, 5.74) is 0. The molecular weight excluding hydrogens is 384 g/mol. The van der Waals surface area contributed by atoms with Crippen molar-refractivity contribution in [2.24, 2.45) is 0 Å². The van der Waals surface area contributed by atoms with Gasteiger partial charge in [0.2, 0.25) is 0 Å². The maximum Gasteiger partial charge on any atom is 0.135 e. The normalized spacial score (nSPS) is 11.1. The first-order chi connectivity index (χ1) is 14.3. The van der Waals surface area contributed by atoms with Gasteiger partial charge in [0.25, 0.3) is 0 Å². The second-order valence-corrected chi connectivity index (χ2v) is 7.62. The molecule has 0 aliphatic carbocycles. The lowest BCUT2D eigenvalue weighted by molar-refractivity contribution is 0.202. The topological polar surface area (TPSA) is 58.9 Å². The van der Waals surface area contributed by atoms with Crippen LogP contribution < -0.4 is 9.47 Å². The van der Waals surface area contributed by atoms with E-state index in [1.54, 1.807) is 11.8 Å². The van der Waals surface area contributed by atoms with Gasteiger partial charge in [0.15, 0.2) is 0 Å². The Balaban J connectivity index is 1.91. The van der Waals surface area contributed by atoms with Gasteiger partial charge in [-0.25, -0.2) is 0 Å². The molecule has 0 radical (unpaired) electrons. The Hall–Kier alpha value is -2.73. The third-order valence-corrected chi connectivity index (χ3v) is 5.55. The van der Waals surface area contributed by atoms with Gasteiger partial charge >= 0.3 is 0 Å². The zero-order valence-electron chi connectivity index (χ0n) is 15.9. The minimum atomic E-state index is -0.0585. The average Bonchev–Trinajstić information content (AvgIpc) is 2.77. The number of hydrogen-bond acceptors (Lipinski definition) is 5. The SMILES string of the molecule is OCCOc1c2ccccc2c(OCCO)c2cc(Sc3ccccc3)ccc12. The molecule has 0 saturated carbocycles. The molecule has 0 amide bonds. The van der Waals surface area contributed by atoms with Crippen molar-refractivity contribution >= 4 is 33.3 Å². The highest BCUT2D eigenvalue weighted by Gasteiger charge is 2.17. The van der Waals surface area contributed by atoms with E-state index < -0.39 is 0 Å². The number of aliphatic hydroxyl groups is 2. The third kappa shape index (κ3) is 4.17. The largest absolute Gasteiger partial charge is 0.490 e. The number of rotatable bonds is 8. The van der Waals surface area contributed by atoms with E-state index in [1.165, 1.54) is 0 Å². The highest BCUT2D eigenvalue weighted by Crippen LogP contribution is 2.44. The molecule has 0 aliphatic rings. The second-order valence-electron chi connectivity index (χ2n) is 6.47. The van der Waals surface area contributed by atoms with Crippen LogP contribution in [0.2, 0.25) is 0 Å². The van der Waals surface area contributed by atoms with Crippen LogP contribution in [0.3, 0.4) is 0 Å². The Morgan fingerprint density at radius 1 is 0.586 bits per heavy atom. The van der Waals surface area contributed by atoms with E-state index in [1.807, 2.05) is 48.5 Å². The molecule has 0 saturated heterocycles. The minimum Gasteiger partial charge on any atom is -0.490 e. The van der Waals surface area contributed by atoms with Crippen molar-refractivity contribution < 1.29 is 19.7 Å². The van der Waals surface area contributed by atoms with Crippen LogP contribution in [0.5, 0.6) is 11.5 Å². The van der Waals surface area contributed by atoms with E-state index in [0.717, 1.165) is 42.8 Å². The van der Waals surface area contributed by atoms with Gasteiger partial charge in [-0.05, 0) is 30.3 Å². The maximum absolute atomic E-state index is 9.31. The highest BCUT2D eigenvalue weighted by atomic mass is 32.2. The van der Waals surface area contributed by atoms with Crippen LogP contribution in [0.4, 0.5) is 0 Å². The molecule has 2 N–H and O–H groups in total. The fourth-order valence-electron chi connectivity index (χ4n) is 3.37. The molecule has 4 aromatic carbocycles. The number of ether oxygens (including phenoxy) is 2. The van der Waals surface area contributed by atoms with Gasteiger partial charge in [-0.3, -0.25) is 0 Å². The maximum atomic E-state index is 9.31. The molecule has 4 nitrogen and oxygen atoms in total. The first-order valence-corrected chi connectivity index (χ1v) is 10.3. The standard InChI is InChI=1S/C24H22O4S/c25-12-14-27-23-19-8-4-5-9-20(19)24(28-15-13-26)22-16-18(10-11-21(22)23)29-17-6-2-1-3-7-17/h1-11,16,25-26H,12-15H2. The molecule has 0 fully saturated rings. The van der Waals surface area contributed by atoms with Gasteiger partial charge in [-0.15, -0.1) is 0 Å². The predicted molar refractivity (Wildman–Crippen MR) is 117 cm³/mol. The monoisotopic (exact) mass is 406 g/mol. The number of hydrogen-bond donors (Lipinski definition) is 2. The van der Waals surface area contributed by atoms with E-state index >= 15 is 0 Å². The van der Waals surface area contributed by atoms with Crippen LogP contribution in [-0.2, 0) is 0 Å². The quantitative estimate of drug-likeness (QED) is 0.408. The summed E-state index contributed by atoms with van der Waals surface area (Å²) >= 11 is 1.68. The summed E-state index contributed by atoms with van der Waals surface area (Å²) in [4.78, 5) is 2.24. The summed E-state index contributed by atoms with van der Waals surface area (Å²) < 4.78 is 11.9. The molecule has 0 spiro atoms. The lowest BCUT2D eigenvalue weighted by Crippen LogP contribution is -2.05. The van der Waals surface area contributed by atoms with Crippen LogP contribution in [0.15, 0.2) is 82.6 Å². The van der Waals surface area contributed by atoms with Crippen LogP contribution >= 0.6 is 11.8 Å². The molecule has 5 heteroatoms. The van der Waals surface area contributed by atoms with Gasteiger partial charge in [0.05, 0.1) is 13.2 Å². The third-order valence-electron chi connectivity index (χ3n) is 4.55. The van der Waals surface area contributed by atoms with Crippen LogP contribution in [-0.4, -0.2) is 36.6 Å². The molecule has 0 unspecified atom stereocenters. The number of aliphatic hydroxyl groups excluding tert-OH is 2. The molecule has 29 heavy (non-hydrogen) atoms. The van der Waals surface area contributed by atoms with Gasteiger partial charge in [-0.1, -0.05) is 54.2 Å². The van der Waals surface area contributed by atoms with Crippen molar-refractivity contribution in [2.45, 2.75) is 9.79 Å². The lowest BCUT2D eigenvalue weighted by atomic mass is 10.0. The Bertz CT molecular complexity index is 1110. The first-order valence-electron chi connectivity index (χ1n) is 9.50. The van der Waals surface area contributed by atoms with Crippen LogP contribution in [0.25, 0.3) is 21.5 Å². The summed E-state index contributed by atoms with van der Waals surface area (Å²) in [6, 6.07) is 24.3. The molecule has 0 atom stereocenters. The second kappa shape index (κ2) is 9.18. The average molecular weight is 407 g/mol. The van der Waals surface area contributed by atoms with Crippen molar-refractivity contribution in [2.75, 3.05) is 26.4 Å². The Morgan fingerprint density at radius 2 is 1.14 bits per heavy atom. The van der Waals surface area contributed by atoms with Crippen molar-refractivity contribution in [1.82, 2.24) is 0 Å². The van der Waals surface area contributed by atoms with Crippen molar-refractivity contribution in [3.05, 3.63) is 72.8 Å². The molecule has 4 rings (SSSR count). The zero-order chi connectivity index (χ0) is 20.1. The number of fused-ring (bicyclic) bond motifs is 2. The Morgan fingerprint density at radius 3 is 1.76 bits per heavy atom. The van der Waals surface area contributed by atoms with Gasteiger partial charge in [0, 0.05) is 31.3 Å². The first kappa shape index (κ1) is 19.6. The molecule has 0 aliphatic heterocycles. The van der Waals surface area contributed by atoms with Gasteiger partial charge in [-0.2, -0.15) is 0 Å². The fraction of sp³-hybridized carbons (Fsp3) is 0.167. The molecule has 0 bridgehead atoms. The smallest absolute Gasteiger partial charge is 0.135 e. The van der Waals surface area contributed by atoms with Gasteiger partial charge < -0.3 is 19.7 Å². The van der Waals surface area contributed by atoms with E-state index in [4.69, 9.17) is 9.47 Å². The molecular formula is C24H22O4S. The van der Waals surface area contributed by atoms with Crippen molar-refractivity contribution in [3.8, 4) is 11.5 Å². The van der Waals surface area contributed by atoms with Crippen LogP contribution in [0, 0.1) is 0 Å². The molecule has 0 heterocycles. The van der Waals surface area contributed by atoms with Crippen molar-refractivity contribution in [3.63, 3.8) is 0 Å². The molecule has 4 aromatic rings. The molecule has 148 valence electrons. The van der Waals surface area contributed by atoms with E-state index in [0.29, 0.717) is 0 Å². The van der Waals surface area contributed by atoms with Crippen LogP contribution in [0.1, 0.15) is 0 Å². The molecule has 0 aromatic heterocycles. The Kier molecular flexibility index (Phi) is 6.20. The van der Waals surface area contributed by atoms with E-state index in [9.17, 15) is 10.2 Å². The zero-order valence-corrected chi connectivity index (χ0v) is 16.7. The van der Waals surface area contributed by atoms with Gasteiger partial charge in [0.1, 0.15) is 24.7 Å². The Labute approximate surface area is 173 Å².